The number of carbonyl (C=O) groups excluding carboxylic acids is 3. The molecule has 2 amide bonds. The summed E-state index contributed by atoms with van der Waals surface area (Å²) in [4.78, 5) is 44.6. The molecule has 0 radical (unpaired) electrons. The molecule has 23 heavy (non-hydrogen) atoms. The van der Waals surface area contributed by atoms with E-state index >= 15 is 0 Å². The molecule has 1 N–H and O–H groups in total. The Morgan fingerprint density at radius 3 is 2.35 bits per heavy atom. The zero-order valence-electron chi connectivity index (χ0n) is 11.8. The topological polar surface area (TPSA) is 84.4 Å². The number of rotatable bonds is 3. The number of hydrogen-bond acceptors (Lipinski definition) is 5. The zero-order chi connectivity index (χ0) is 16.1. The Labute approximate surface area is 135 Å². The van der Waals surface area contributed by atoms with Gasteiger partial charge in [0.15, 0.2) is 4.77 Å². The van der Waals surface area contributed by atoms with Crippen molar-refractivity contribution in [2.24, 2.45) is 0 Å². The highest BCUT2D eigenvalue weighted by molar-refractivity contribution is 7.71. The molecule has 0 atom stereocenters. The number of aromatic nitrogens is 2. The van der Waals surface area contributed by atoms with Gasteiger partial charge in [0.2, 0.25) is 0 Å². The summed E-state index contributed by atoms with van der Waals surface area (Å²) in [5, 5.41) is 0.500. The summed E-state index contributed by atoms with van der Waals surface area (Å²) >= 11 is 5.15. The predicted molar refractivity (Wildman–Crippen MR) is 80.2 cm³/mol. The monoisotopic (exact) mass is 329 g/mol. The van der Waals surface area contributed by atoms with E-state index in [-0.39, 0.29) is 22.9 Å². The second-order valence-corrected chi connectivity index (χ2v) is 5.80. The van der Waals surface area contributed by atoms with Crippen LogP contribution in [0, 0.1) is 4.77 Å². The first-order chi connectivity index (χ1) is 11.1. The Morgan fingerprint density at radius 1 is 1.17 bits per heavy atom. The maximum Gasteiger partial charge on any atom is 0.381 e. The highest BCUT2D eigenvalue weighted by atomic mass is 32.1. The van der Waals surface area contributed by atoms with Crippen molar-refractivity contribution in [1.29, 1.82) is 0 Å². The molecule has 1 saturated carbocycles. The van der Waals surface area contributed by atoms with Gasteiger partial charge in [-0.2, -0.15) is 0 Å². The SMILES string of the molecule is O=C(ON1C(=O)c2ccccc2C1=O)c1c[nH]c(=S)n1C1CC1. The number of H-pyrrole nitrogens is 1. The fraction of sp³-hybridized carbons (Fsp3) is 0.200. The molecule has 1 aliphatic heterocycles. The van der Waals surface area contributed by atoms with Crippen LogP contribution in [0.2, 0.25) is 0 Å². The molecule has 2 aliphatic rings. The quantitative estimate of drug-likeness (QED) is 0.689. The molecule has 4 rings (SSSR count). The molecule has 1 aromatic carbocycles. The summed E-state index contributed by atoms with van der Waals surface area (Å²) in [7, 11) is 0. The van der Waals surface area contributed by atoms with E-state index < -0.39 is 17.8 Å². The van der Waals surface area contributed by atoms with Crippen molar-refractivity contribution in [1.82, 2.24) is 14.6 Å². The Bertz CT molecular complexity index is 874. The van der Waals surface area contributed by atoms with Crippen molar-refractivity contribution in [3.63, 3.8) is 0 Å². The van der Waals surface area contributed by atoms with Gasteiger partial charge in [0.05, 0.1) is 11.1 Å². The number of nitrogens with one attached hydrogen (secondary N) is 1. The first-order valence-electron chi connectivity index (χ1n) is 7.08. The van der Waals surface area contributed by atoms with Crippen molar-refractivity contribution >= 4 is 30.0 Å². The lowest BCUT2D eigenvalue weighted by Crippen LogP contribution is -2.33. The lowest BCUT2D eigenvalue weighted by atomic mass is 10.1. The van der Waals surface area contributed by atoms with Crippen LogP contribution in [0.4, 0.5) is 0 Å². The van der Waals surface area contributed by atoms with Gasteiger partial charge in [0.1, 0.15) is 5.69 Å². The summed E-state index contributed by atoms with van der Waals surface area (Å²) in [6.45, 7) is 0. The number of amides is 2. The highest BCUT2D eigenvalue weighted by Crippen LogP contribution is 2.36. The van der Waals surface area contributed by atoms with Crippen molar-refractivity contribution in [3.05, 3.63) is 52.1 Å². The van der Waals surface area contributed by atoms with E-state index in [9.17, 15) is 14.4 Å². The summed E-state index contributed by atoms with van der Waals surface area (Å²) < 4.78 is 2.08. The van der Waals surface area contributed by atoms with E-state index in [4.69, 9.17) is 17.1 Å². The minimum atomic E-state index is -0.793. The number of benzene rings is 1. The fourth-order valence-corrected chi connectivity index (χ4v) is 2.92. The Balaban J connectivity index is 1.62. The molecule has 2 heterocycles. The van der Waals surface area contributed by atoms with E-state index in [1.165, 1.54) is 18.3 Å². The largest absolute Gasteiger partial charge is 0.381 e. The molecule has 0 bridgehead atoms. The van der Waals surface area contributed by atoms with Crippen LogP contribution in [0.5, 0.6) is 0 Å². The first-order valence-corrected chi connectivity index (χ1v) is 7.49. The minimum Gasteiger partial charge on any atom is -0.336 e. The molecule has 116 valence electrons. The smallest absolute Gasteiger partial charge is 0.336 e. The van der Waals surface area contributed by atoms with Crippen LogP contribution in [-0.4, -0.2) is 32.4 Å². The average molecular weight is 329 g/mol. The van der Waals surface area contributed by atoms with Crippen molar-refractivity contribution in [2.75, 3.05) is 0 Å². The number of nitrogens with zero attached hydrogens (tertiary/aromatic N) is 2. The van der Waals surface area contributed by atoms with Gasteiger partial charge in [0, 0.05) is 12.2 Å². The van der Waals surface area contributed by atoms with Crippen LogP contribution < -0.4 is 0 Å². The number of fused-ring (bicyclic) bond motifs is 1. The third kappa shape index (κ3) is 2.10. The van der Waals surface area contributed by atoms with Gasteiger partial charge >= 0.3 is 5.97 Å². The Kier molecular flexibility index (Phi) is 2.95. The van der Waals surface area contributed by atoms with Crippen LogP contribution in [-0.2, 0) is 4.84 Å². The fourth-order valence-electron chi connectivity index (χ4n) is 2.61. The third-order valence-corrected chi connectivity index (χ3v) is 4.18. The van der Waals surface area contributed by atoms with Crippen molar-refractivity contribution < 1.29 is 19.2 Å². The third-order valence-electron chi connectivity index (χ3n) is 3.86. The van der Waals surface area contributed by atoms with Crippen molar-refractivity contribution in [2.45, 2.75) is 18.9 Å². The van der Waals surface area contributed by atoms with Gasteiger partial charge in [-0.05, 0) is 37.2 Å². The van der Waals surface area contributed by atoms with Gasteiger partial charge in [-0.25, -0.2) is 4.79 Å². The lowest BCUT2D eigenvalue weighted by Gasteiger charge is -2.13. The highest BCUT2D eigenvalue weighted by Gasteiger charge is 2.39. The number of imide groups is 1. The summed E-state index contributed by atoms with van der Waals surface area (Å²) in [6, 6.07) is 6.49. The number of hydroxylamine groups is 2. The van der Waals surface area contributed by atoms with E-state index in [1.54, 1.807) is 16.7 Å². The van der Waals surface area contributed by atoms with Gasteiger partial charge in [-0.3, -0.25) is 9.59 Å². The van der Waals surface area contributed by atoms with Gasteiger partial charge < -0.3 is 14.4 Å². The number of carbonyl (C=O) groups is 3. The molecule has 8 heteroatoms. The Morgan fingerprint density at radius 2 is 1.78 bits per heavy atom. The predicted octanol–water partition coefficient (Wildman–Crippen LogP) is 2.25. The molecule has 0 saturated heterocycles. The van der Waals surface area contributed by atoms with E-state index in [2.05, 4.69) is 4.98 Å². The lowest BCUT2D eigenvalue weighted by molar-refractivity contribution is -0.0591. The molecule has 2 aromatic rings. The van der Waals surface area contributed by atoms with Crippen LogP contribution in [0.25, 0.3) is 0 Å². The number of hydrogen-bond donors (Lipinski definition) is 1. The van der Waals surface area contributed by atoms with Gasteiger partial charge in [-0.15, -0.1) is 0 Å². The molecule has 1 fully saturated rings. The van der Waals surface area contributed by atoms with E-state index in [0.29, 0.717) is 9.83 Å². The van der Waals surface area contributed by atoms with Crippen LogP contribution in [0.3, 0.4) is 0 Å². The second kappa shape index (κ2) is 4.88. The van der Waals surface area contributed by atoms with Gasteiger partial charge in [-0.1, -0.05) is 17.2 Å². The van der Waals surface area contributed by atoms with Crippen LogP contribution in [0.1, 0.15) is 50.1 Å². The minimum absolute atomic E-state index is 0.165. The average Bonchev–Trinajstić information content (AvgIpc) is 3.28. The normalized spacial score (nSPS) is 16.6. The van der Waals surface area contributed by atoms with Crippen LogP contribution >= 0.6 is 12.2 Å². The maximum absolute atomic E-state index is 12.4. The summed E-state index contributed by atoms with van der Waals surface area (Å²) in [5.74, 6) is -2.09. The summed E-state index contributed by atoms with van der Waals surface area (Å²) in [6.07, 6.45) is 3.29. The standard InChI is InChI=1S/C15H11N3O4S/c19-12-9-3-1-2-4-10(9)13(20)18(12)22-14(21)11-7-16-15(23)17(11)8-5-6-8/h1-4,7-8H,5-6H2,(H,16,23). The molecular formula is C15H11N3O4S. The van der Waals surface area contributed by atoms with Crippen molar-refractivity contribution in [3.8, 4) is 0 Å². The molecular weight excluding hydrogens is 318 g/mol. The second-order valence-electron chi connectivity index (χ2n) is 5.41. The van der Waals surface area contributed by atoms with E-state index in [0.717, 1.165) is 12.8 Å². The van der Waals surface area contributed by atoms with E-state index in [1.807, 2.05) is 0 Å². The molecule has 0 unspecified atom stereocenters. The van der Waals surface area contributed by atoms with Crippen LogP contribution in [0.15, 0.2) is 30.5 Å². The zero-order valence-corrected chi connectivity index (χ0v) is 12.6. The molecule has 7 nitrogen and oxygen atoms in total. The molecule has 1 aliphatic carbocycles. The first kappa shape index (κ1) is 13.9. The molecule has 1 aromatic heterocycles. The molecule has 0 spiro atoms. The van der Waals surface area contributed by atoms with Gasteiger partial charge in [0.25, 0.3) is 11.8 Å². The number of aromatic amines is 1. The summed E-state index contributed by atoms with van der Waals surface area (Å²) in [5.41, 5.74) is 0.644. The Hall–Kier alpha value is -2.74. The number of imidazole rings is 1. The maximum atomic E-state index is 12.4.